The highest BCUT2D eigenvalue weighted by Gasteiger charge is 2.12. The zero-order valence-corrected chi connectivity index (χ0v) is 18.0. The lowest BCUT2D eigenvalue weighted by Crippen LogP contribution is -2.23. The van der Waals surface area contributed by atoms with Gasteiger partial charge in [0.15, 0.2) is 5.16 Å². The number of hydrogen-bond donors (Lipinski definition) is 1. The van der Waals surface area contributed by atoms with Crippen LogP contribution in [0.4, 0.5) is 0 Å². The average molecular weight is 427 g/mol. The number of halogens is 2. The third-order valence-electron chi connectivity index (χ3n) is 3.78. The molecule has 8 heteroatoms. The number of carbonyl (C=O) groups excluding carboxylic acids is 1. The fraction of sp³-hybridized carbons (Fsp3) is 0.421. The van der Waals surface area contributed by atoms with Crippen LogP contribution in [-0.4, -0.2) is 33.5 Å². The number of benzene rings is 1. The van der Waals surface area contributed by atoms with E-state index >= 15 is 0 Å². The molecule has 1 heterocycles. The summed E-state index contributed by atoms with van der Waals surface area (Å²) in [6.07, 6.45) is 6.73. The lowest BCUT2D eigenvalue weighted by atomic mass is 10.2. The minimum Gasteiger partial charge on any atom is -0.353 e. The zero-order valence-electron chi connectivity index (χ0n) is 15.7. The van der Waals surface area contributed by atoms with Gasteiger partial charge in [-0.05, 0) is 42.4 Å². The van der Waals surface area contributed by atoms with E-state index in [0.29, 0.717) is 22.5 Å². The van der Waals surface area contributed by atoms with E-state index in [0.717, 1.165) is 35.9 Å². The highest BCUT2D eigenvalue weighted by atomic mass is 35.5. The summed E-state index contributed by atoms with van der Waals surface area (Å²) in [5.41, 5.74) is 0.752. The highest BCUT2D eigenvalue weighted by molar-refractivity contribution is 7.98. The van der Waals surface area contributed by atoms with E-state index in [2.05, 4.69) is 33.9 Å². The molecule has 0 unspecified atom stereocenters. The minimum atomic E-state index is -0.158. The maximum Gasteiger partial charge on any atom is 0.244 e. The van der Waals surface area contributed by atoms with Gasteiger partial charge in [0, 0.05) is 35.6 Å². The summed E-state index contributed by atoms with van der Waals surface area (Å²) in [6, 6.07) is 5.16. The molecule has 0 bridgehead atoms. The Kier molecular flexibility index (Phi) is 8.67. The summed E-state index contributed by atoms with van der Waals surface area (Å²) < 4.78 is 2.17. The molecule has 0 aliphatic heterocycles. The van der Waals surface area contributed by atoms with Gasteiger partial charge in [-0.3, -0.25) is 4.79 Å². The summed E-state index contributed by atoms with van der Waals surface area (Å²) >= 11 is 13.6. The summed E-state index contributed by atoms with van der Waals surface area (Å²) in [5.74, 6) is 1.33. The molecule has 1 N–H and O–H groups in total. The third kappa shape index (κ3) is 6.87. The molecule has 1 amide bonds. The molecule has 0 radical (unpaired) electrons. The van der Waals surface area contributed by atoms with Gasteiger partial charge in [-0.2, -0.15) is 0 Å². The molecule has 5 nitrogen and oxygen atoms in total. The Hall–Kier alpha value is -1.50. The number of aromatic nitrogens is 3. The van der Waals surface area contributed by atoms with Crippen molar-refractivity contribution in [2.24, 2.45) is 5.92 Å². The van der Waals surface area contributed by atoms with E-state index in [1.54, 1.807) is 36.0 Å². The summed E-state index contributed by atoms with van der Waals surface area (Å²) in [5, 5.41) is 13.4. The van der Waals surface area contributed by atoms with Gasteiger partial charge in [0.05, 0.1) is 0 Å². The van der Waals surface area contributed by atoms with E-state index in [-0.39, 0.29) is 5.91 Å². The normalized spacial score (nSPS) is 11.5. The molecule has 27 heavy (non-hydrogen) atoms. The van der Waals surface area contributed by atoms with Crippen molar-refractivity contribution in [2.45, 2.75) is 38.4 Å². The molecule has 0 saturated carbocycles. The lowest BCUT2D eigenvalue weighted by Gasteiger charge is -2.11. The van der Waals surface area contributed by atoms with E-state index in [1.807, 2.05) is 6.26 Å². The van der Waals surface area contributed by atoms with Crippen LogP contribution in [0, 0.1) is 5.92 Å². The molecule has 146 valence electrons. The standard InChI is InChI=1S/C19H24Cl2N4OS/c1-13(2)12-25-17(23-24-19(25)27-3)5-4-10-22-18(26)9-7-14-6-8-15(20)11-16(14)21/h6-9,11,13H,4-5,10,12H2,1-3H3,(H,22,26)/b9-7+. The summed E-state index contributed by atoms with van der Waals surface area (Å²) in [4.78, 5) is 12.0. The van der Waals surface area contributed by atoms with Crippen molar-refractivity contribution in [1.29, 1.82) is 0 Å². The second-order valence-corrected chi connectivity index (χ2v) is 8.12. The quantitative estimate of drug-likeness (QED) is 0.357. The zero-order chi connectivity index (χ0) is 19.8. The number of nitrogens with zero attached hydrogens (tertiary/aromatic N) is 3. The Morgan fingerprint density at radius 2 is 2.11 bits per heavy atom. The Labute approximate surface area is 174 Å². The van der Waals surface area contributed by atoms with Crippen LogP contribution in [0.2, 0.25) is 10.0 Å². The van der Waals surface area contributed by atoms with Gasteiger partial charge in [-0.15, -0.1) is 10.2 Å². The van der Waals surface area contributed by atoms with E-state index in [4.69, 9.17) is 23.2 Å². The van der Waals surface area contributed by atoms with Crippen molar-refractivity contribution < 1.29 is 4.79 Å². The van der Waals surface area contributed by atoms with Crippen LogP contribution in [0.1, 0.15) is 31.7 Å². The van der Waals surface area contributed by atoms with Gasteiger partial charge < -0.3 is 9.88 Å². The van der Waals surface area contributed by atoms with Gasteiger partial charge in [-0.1, -0.05) is 54.9 Å². The number of hydrogen-bond acceptors (Lipinski definition) is 4. The van der Waals surface area contributed by atoms with Gasteiger partial charge in [0.2, 0.25) is 5.91 Å². The van der Waals surface area contributed by atoms with Crippen molar-refractivity contribution in [3.63, 3.8) is 0 Å². The SMILES string of the molecule is CSc1nnc(CCCNC(=O)/C=C/c2ccc(Cl)cc2Cl)n1CC(C)C. The Morgan fingerprint density at radius 1 is 1.33 bits per heavy atom. The lowest BCUT2D eigenvalue weighted by molar-refractivity contribution is -0.116. The van der Waals surface area contributed by atoms with E-state index in [1.165, 1.54) is 6.08 Å². The van der Waals surface area contributed by atoms with Gasteiger partial charge in [-0.25, -0.2) is 0 Å². The fourth-order valence-electron chi connectivity index (χ4n) is 2.52. The number of amides is 1. The largest absolute Gasteiger partial charge is 0.353 e. The molecule has 0 aliphatic rings. The first kappa shape index (κ1) is 21.8. The number of carbonyl (C=O) groups is 1. The highest BCUT2D eigenvalue weighted by Crippen LogP contribution is 2.22. The van der Waals surface area contributed by atoms with Crippen LogP contribution in [0.25, 0.3) is 6.08 Å². The van der Waals surface area contributed by atoms with Crippen molar-refractivity contribution in [3.05, 3.63) is 45.7 Å². The molecule has 0 aliphatic carbocycles. The molecule has 0 spiro atoms. The first-order valence-corrected chi connectivity index (χ1v) is 10.8. The van der Waals surface area contributed by atoms with Crippen molar-refractivity contribution in [2.75, 3.05) is 12.8 Å². The second kappa shape index (κ2) is 10.7. The first-order chi connectivity index (χ1) is 12.9. The third-order valence-corrected chi connectivity index (χ3v) is 5.01. The minimum absolute atomic E-state index is 0.158. The number of nitrogens with one attached hydrogen (secondary N) is 1. The van der Waals surface area contributed by atoms with Gasteiger partial charge >= 0.3 is 0 Å². The Bertz CT molecular complexity index is 805. The van der Waals surface area contributed by atoms with Crippen LogP contribution in [-0.2, 0) is 17.8 Å². The average Bonchev–Trinajstić information content (AvgIpc) is 2.99. The smallest absolute Gasteiger partial charge is 0.244 e. The molecule has 2 aromatic rings. The maximum absolute atomic E-state index is 12.0. The maximum atomic E-state index is 12.0. The molecule has 0 fully saturated rings. The number of rotatable bonds is 9. The number of aryl methyl sites for hydroxylation is 1. The molecular weight excluding hydrogens is 403 g/mol. The van der Waals surface area contributed by atoms with Crippen LogP contribution in [0.3, 0.4) is 0 Å². The summed E-state index contributed by atoms with van der Waals surface area (Å²) in [6.45, 7) is 5.82. The monoisotopic (exact) mass is 426 g/mol. The molecule has 2 rings (SSSR count). The Balaban J connectivity index is 1.82. The van der Waals surface area contributed by atoms with Crippen molar-refractivity contribution in [1.82, 2.24) is 20.1 Å². The molecule has 1 aromatic heterocycles. The molecule has 0 saturated heterocycles. The second-order valence-electron chi connectivity index (χ2n) is 6.50. The predicted molar refractivity (Wildman–Crippen MR) is 113 cm³/mol. The van der Waals surface area contributed by atoms with E-state index in [9.17, 15) is 4.79 Å². The van der Waals surface area contributed by atoms with Crippen molar-refractivity contribution >= 4 is 46.9 Å². The van der Waals surface area contributed by atoms with Crippen LogP contribution in [0.15, 0.2) is 29.4 Å². The molecular formula is C19H24Cl2N4OS. The van der Waals surface area contributed by atoms with Crippen LogP contribution < -0.4 is 5.32 Å². The van der Waals surface area contributed by atoms with E-state index < -0.39 is 0 Å². The van der Waals surface area contributed by atoms with Crippen molar-refractivity contribution in [3.8, 4) is 0 Å². The van der Waals surface area contributed by atoms with Crippen LogP contribution >= 0.6 is 35.0 Å². The summed E-state index contributed by atoms with van der Waals surface area (Å²) in [7, 11) is 0. The topological polar surface area (TPSA) is 59.8 Å². The predicted octanol–water partition coefficient (Wildman–Crippen LogP) is 4.73. The first-order valence-electron chi connectivity index (χ1n) is 8.77. The Morgan fingerprint density at radius 3 is 2.78 bits per heavy atom. The molecule has 0 atom stereocenters. The number of thioether (sulfide) groups is 1. The van der Waals surface area contributed by atoms with Crippen LogP contribution in [0.5, 0.6) is 0 Å². The fourth-order valence-corrected chi connectivity index (χ4v) is 3.52. The van der Waals surface area contributed by atoms with Gasteiger partial charge in [0.1, 0.15) is 5.82 Å². The molecule has 1 aromatic carbocycles. The van der Waals surface area contributed by atoms with Gasteiger partial charge in [0.25, 0.3) is 0 Å².